The number of hydrogen-bond acceptors (Lipinski definition) is 0. The van der Waals surface area contributed by atoms with Crippen molar-refractivity contribution in [2.45, 2.75) is 18.6 Å². The molecule has 17 heavy (non-hydrogen) atoms. The Balaban J connectivity index is 2.02. The minimum Gasteiger partial charge on any atom is -0.228 e. The van der Waals surface area contributed by atoms with E-state index in [0.29, 0.717) is 11.1 Å². The average Bonchev–Trinajstić information content (AvgIpc) is 2.40. The van der Waals surface area contributed by atoms with E-state index < -0.39 is 12.2 Å². The van der Waals surface area contributed by atoms with E-state index in [-0.39, 0.29) is 6.42 Å². The molecule has 0 saturated carbocycles. The van der Waals surface area contributed by atoms with Crippen molar-refractivity contribution in [3.05, 3.63) is 71.8 Å². The fraction of sp³-hybridized carbons (Fsp3) is 0.200. The van der Waals surface area contributed by atoms with Gasteiger partial charge in [0.1, 0.15) is 12.2 Å². The molecular formula is C15H14O2. The third-order valence-electron chi connectivity index (χ3n) is 2.77. The molecule has 2 nitrogen and oxygen atoms in total. The predicted octanol–water partition coefficient (Wildman–Crippen LogP) is 3.72. The first kappa shape index (κ1) is 11.8. The van der Waals surface area contributed by atoms with Gasteiger partial charge in [0.2, 0.25) is 0 Å². The van der Waals surface area contributed by atoms with Gasteiger partial charge in [-0.25, -0.2) is 10.2 Å². The summed E-state index contributed by atoms with van der Waals surface area (Å²) in [4.78, 5) is 0. The quantitative estimate of drug-likeness (QED) is 0.762. The maximum Gasteiger partial charge on any atom is 0.121 e. The molecule has 0 spiro atoms. The molecule has 0 saturated heterocycles. The van der Waals surface area contributed by atoms with Gasteiger partial charge in [-0.1, -0.05) is 60.7 Å². The largest absolute Gasteiger partial charge is 0.228 e. The van der Waals surface area contributed by atoms with Crippen molar-refractivity contribution in [2.75, 3.05) is 0 Å². The summed E-state index contributed by atoms with van der Waals surface area (Å²) in [7, 11) is 0. The molecule has 0 aliphatic heterocycles. The lowest BCUT2D eigenvalue weighted by Gasteiger charge is -2.12. The monoisotopic (exact) mass is 226 g/mol. The van der Waals surface area contributed by atoms with Gasteiger partial charge in [0.05, 0.1) is 0 Å². The first-order valence-corrected chi connectivity index (χ1v) is 5.69. The maximum atomic E-state index is 11.9. The van der Waals surface area contributed by atoms with Gasteiger partial charge >= 0.3 is 0 Å². The summed E-state index contributed by atoms with van der Waals surface area (Å²) in [5.41, 5.74) is 1.37. The second-order valence-electron chi connectivity index (χ2n) is 4.03. The summed E-state index contributed by atoms with van der Waals surface area (Å²) in [5.74, 6) is 0. The minimum atomic E-state index is -0.945. The van der Waals surface area contributed by atoms with E-state index in [1.165, 1.54) is 0 Å². The smallest absolute Gasteiger partial charge is 0.121 e. The van der Waals surface area contributed by atoms with Gasteiger partial charge in [-0.3, -0.25) is 0 Å². The number of hydrogen-bond donors (Lipinski definition) is 0. The van der Waals surface area contributed by atoms with Crippen LogP contribution in [0, 0.1) is 0 Å². The Morgan fingerprint density at radius 1 is 0.647 bits per heavy atom. The van der Waals surface area contributed by atoms with Gasteiger partial charge in [-0.05, 0) is 11.1 Å². The van der Waals surface area contributed by atoms with Crippen molar-refractivity contribution in [1.82, 2.24) is 0 Å². The lowest BCUT2D eigenvalue weighted by molar-refractivity contribution is 0.00162. The van der Waals surface area contributed by atoms with Crippen molar-refractivity contribution in [1.29, 1.82) is 0 Å². The van der Waals surface area contributed by atoms with Gasteiger partial charge in [0.15, 0.2) is 0 Å². The van der Waals surface area contributed by atoms with Gasteiger partial charge in [-0.15, -0.1) is 0 Å². The highest BCUT2D eigenvalue weighted by Gasteiger charge is 2.17. The van der Waals surface area contributed by atoms with Crippen molar-refractivity contribution in [3.63, 3.8) is 0 Å². The fourth-order valence-electron chi connectivity index (χ4n) is 1.80. The molecule has 0 aliphatic rings. The topological polar surface area (TPSA) is 39.8 Å². The molecule has 0 heterocycles. The first-order valence-electron chi connectivity index (χ1n) is 5.69. The summed E-state index contributed by atoms with van der Waals surface area (Å²) in [6, 6.07) is 18.1. The Morgan fingerprint density at radius 2 is 1.00 bits per heavy atom. The van der Waals surface area contributed by atoms with E-state index >= 15 is 0 Å². The van der Waals surface area contributed by atoms with Gasteiger partial charge in [-0.2, -0.15) is 0 Å². The highest BCUT2D eigenvalue weighted by Crippen LogP contribution is 2.26. The Hall–Kier alpha value is -1.64. The van der Waals surface area contributed by atoms with Crippen LogP contribution in [0.2, 0.25) is 0 Å². The average molecular weight is 226 g/mol. The third kappa shape index (κ3) is 3.16. The Morgan fingerprint density at radius 3 is 1.35 bits per heavy atom. The summed E-state index contributed by atoms with van der Waals surface area (Å²) in [6.45, 7) is 0. The molecule has 0 fully saturated rings. The van der Waals surface area contributed by atoms with E-state index in [4.69, 9.17) is 0 Å². The van der Waals surface area contributed by atoms with Crippen molar-refractivity contribution in [2.24, 2.45) is 0 Å². The summed E-state index contributed by atoms with van der Waals surface area (Å²) in [6.07, 6.45) is -1.80. The molecule has 0 amide bonds. The van der Waals surface area contributed by atoms with Gasteiger partial charge < -0.3 is 0 Å². The van der Waals surface area contributed by atoms with Crippen molar-refractivity contribution < 1.29 is 10.2 Å². The predicted molar refractivity (Wildman–Crippen MR) is 64.4 cm³/mol. The lowest BCUT2D eigenvalue weighted by atomic mass is 9.99. The molecule has 2 atom stereocenters. The molecular weight excluding hydrogens is 212 g/mol. The van der Waals surface area contributed by atoms with Crippen LogP contribution >= 0.6 is 0 Å². The highest BCUT2D eigenvalue weighted by atomic mass is 16.3. The summed E-state index contributed by atoms with van der Waals surface area (Å²) >= 11 is 0. The van der Waals surface area contributed by atoms with Crippen LogP contribution in [0.15, 0.2) is 60.7 Å². The van der Waals surface area contributed by atoms with E-state index in [9.17, 15) is 10.2 Å². The molecule has 86 valence electrons. The van der Waals surface area contributed by atoms with E-state index in [1.807, 2.05) is 36.4 Å². The van der Waals surface area contributed by atoms with Crippen LogP contribution in [0.25, 0.3) is 0 Å². The zero-order valence-corrected chi connectivity index (χ0v) is 9.45. The van der Waals surface area contributed by atoms with E-state index in [1.54, 1.807) is 24.3 Å². The second kappa shape index (κ2) is 5.62. The Kier molecular flexibility index (Phi) is 3.91. The van der Waals surface area contributed by atoms with Gasteiger partial charge in [0.25, 0.3) is 0 Å². The molecule has 2 unspecified atom stereocenters. The molecule has 2 aromatic rings. The highest BCUT2D eigenvalue weighted by molar-refractivity contribution is 5.20. The van der Waals surface area contributed by atoms with Crippen LogP contribution in [-0.4, -0.2) is 0 Å². The standard InChI is InChI=1S/C15H14O2/c16-14(12-7-3-1-4-8-12)11-15(17)13-9-5-2-6-10-13/h1-10,14-15H,11H2. The molecule has 2 aromatic carbocycles. The van der Waals surface area contributed by atoms with Crippen LogP contribution in [0.4, 0.5) is 0 Å². The summed E-state index contributed by atoms with van der Waals surface area (Å²) < 4.78 is 0. The van der Waals surface area contributed by atoms with Crippen LogP contribution in [-0.2, 0) is 10.2 Å². The lowest BCUT2D eigenvalue weighted by Crippen LogP contribution is -2.03. The molecule has 0 N–H and O–H groups in total. The molecule has 0 aliphatic carbocycles. The van der Waals surface area contributed by atoms with E-state index in [0.717, 1.165) is 0 Å². The van der Waals surface area contributed by atoms with Crippen molar-refractivity contribution >= 4 is 0 Å². The number of rotatable bonds is 4. The SMILES string of the molecule is [O]C(CC([O])c1ccccc1)c1ccccc1. The molecule has 2 rings (SSSR count). The van der Waals surface area contributed by atoms with Gasteiger partial charge in [0, 0.05) is 6.42 Å². The molecule has 2 heteroatoms. The molecule has 2 radical (unpaired) electrons. The molecule has 0 bridgehead atoms. The zero-order valence-electron chi connectivity index (χ0n) is 9.45. The summed E-state index contributed by atoms with van der Waals surface area (Å²) in [5, 5.41) is 23.8. The first-order chi connectivity index (χ1) is 8.27. The minimum absolute atomic E-state index is 0.0913. The Labute approximate surface area is 101 Å². The van der Waals surface area contributed by atoms with Crippen LogP contribution in [0.1, 0.15) is 29.8 Å². The fourth-order valence-corrected chi connectivity index (χ4v) is 1.80. The molecule has 0 aromatic heterocycles. The second-order valence-corrected chi connectivity index (χ2v) is 4.03. The van der Waals surface area contributed by atoms with Crippen LogP contribution in [0.5, 0.6) is 0 Å². The zero-order chi connectivity index (χ0) is 12.1. The Bertz CT molecular complexity index is 395. The maximum absolute atomic E-state index is 11.9. The normalized spacial score (nSPS) is 14.2. The van der Waals surface area contributed by atoms with E-state index in [2.05, 4.69) is 0 Å². The van der Waals surface area contributed by atoms with Crippen LogP contribution < -0.4 is 0 Å². The van der Waals surface area contributed by atoms with Crippen molar-refractivity contribution in [3.8, 4) is 0 Å². The van der Waals surface area contributed by atoms with Crippen LogP contribution in [0.3, 0.4) is 0 Å². The third-order valence-corrected chi connectivity index (χ3v) is 2.77. The number of benzene rings is 2.